The lowest BCUT2D eigenvalue weighted by atomic mass is 10.2. The maximum Gasteiger partial charge on any atom is 0.290 e. The summed E-state index contributed by atoms with van der Waals surface area (Å²) in [6, 6.07) is 9.10. The molecule has 1 aliphatic rings. The molecule has 1 fully saturated rings. The van der Waals surface area contributed by atoms with E-state index in [9.17, 15) is 4.79 Å². The smallest absolute Gasteiger partial charge is 0.290 e. The van der Waals surface area contributed by atoms with Crippen molar-refractivity contribution in [2.75, 3.05) is 19.7 Å². The molecule has 3 rings (SSSR count). The SMILES string of the molecule is N#Cc1cccc(OCCN2CCC[C@H]2c2nc(C(N)=O)no2)c1. The van der Waals surface area contributed by atoms with Crippen LogP contribution in [0, 0.1) is 11.3 Å². The number of ether oxygens (including phenoxy) is 1. The van der Waals surface area contributed by atoms with Gasteiger partial charge in [0, 0.05) is 6.54 Å². The summed E-state index contributed by atoms with van der Waals surface area (Å²) in [5.74, 6) is 0.281. The van der Waals surface area contributed by atoms with Gasteiger partial charge in [-0.25, -0.2) is 0 Å². The third-order valence-corrected chi connectivity index (χ3v) is 3.92. The Kier molecular flexibility index (Phi) is 4.72. The topological polar surface area (TPSA) is 118 Å². The predicted molar refractivity (Wildman–Crippen MR) is 83.0 cm³/mol. The quantitative estimate of drug-likeness (QED) is 0.848. The molecule has 0 bridgehead atoms. The van der Waals surface area contributed by atoms with Gasteiger partial charge in [0.05, 0.1) is 17.7 Å². The third-order valence-electron chi connectivity index (χ3n) is 3.92. The molecule has 1 atom stereocenters. The standard InChI is InChI=1S/C16H17N5O3/c17-10-11-3-1-4-12(9-11)23-8-7-21-6-2-5-13(21)16-19-15(14(18)22)20-24-16/h1,3-4,9,13H,2,5-8H2,(H2,18,22)/t13-/m0/s1. The number of nitriles is 1. The fraction of sp³-hybridized carbons (Fsp3) is 0.375. The summed E-state index contributed by atoms with van der Waals surface area (Å²) in [4.78, 5) is 17.3. The van der Waals surface area contributed by atoms with E-state index in [2.05, 4.69) is 21.1 Å². The average Bonchev–Trinajstić information content (AvgIpc) is 3.24. The lowest BCUT2D eigenvalue weighted by Gasteiger charge is -2.21. The average molecular weight is 327 g/mol. The van der Waals surface area contributed by atoms with Crippen LogP contribution in [0.5, 0.6) is 5.75 Å². The molecule has 0 unspecified atom stereocenters. The number of nitrogens with zero attached hydrogens (tertiary/aromatic N) is 4. The van der Waals surface area contributed by atoms with Crippen molar-refractivity contribution >= 4 is 5.91 Å². The van der Waals surface area contributed by atoms with Gasteiger partial charge < -0.3 is 15.0 Å². The zero-order valence-corrected chi connectivity index (χ0v) is 13.0. The van der Waals surface area contributed by atoms with Gasteiger partial charge in [-0.3, -0.25) is 9.69 Å². The number of carbonyl (C=O) groups is 1. The minimum atomic E-state index is -0.699. The van der Waals surface area contributed by atoms with E-state index in [0.717, 1.165) is 19.4 Å². The summed E-state index contributed by atoms with van der Waals surface area (Å²) in [6.07, 6.45) is 1.88. The van der Waals surface area contributed by atoms with Crippen LogP contribution in [0.2, 0.25) is 0 Å². The number of hydrogen-bond donors (Lipinski definition) is 1. The first-order valence-electron chi connectivity index (χ1n) is 7.68. The van der Waals surface area contributed by atoms with E-state index in [1.54, 1.807) is 18.2 Å². The van der Waals surface area contributed by atoms with Crippen molar-refractivity contribution in [1.29, 1.82) is 5.26 Å². The molecule has 0 radical (unpaired) electrons. The predicted octanol–water partition coefficient (Wildman–Crippen LogP) is 1.26. The van der Waals surface area contributed by atoms with Crippen molar-refractivity contribution in [1.82, 2.24) is 15.0 Å². The maximum absolute atomic E-state index is 11.1. The first-order chi connectivity index (χ1) is 11.7. The molecule has 1 saturated heterocycles. The number of amides is 1. The zero-order chi connectivity index (χ0) is 16.9. The van der Waals surface area contributed by atoms with Gasteiger partial charge in [-0.2, -0.15) is 10.2 Å². The summed E-state index contributed by atoms with van der Waals surface area (Å²) in [5, 5.41) is 12.5. The molecule has 2 heterocycles. The highest BCUT2D eigenvalue weighted by Gasteiger charge is 2.31. The fourth-order valence-corrected chi connectivity index (χ4v) is 2.78. The number of aromatic nitrogens is 2. The third kappa shape index (κ3) is 3.52. The van der Waals surface area contributed by atoms with Crippen molar-refractivity contribution in [3.05, 3.63) is 41.5 Å². The van der Waals surface area contributed by atoms with Crippen LogP contribution >= 0.6 is 0 Å². The van der Waals surface area contributed by atoms with Crippen LogP contribution in [0.25, 0.3) is 0 Å². The van der Waals surface area contributed by atoms with E-state index in [4.69, 9.17) is 20.3 Å². The normalized spacial score (nSPS) is 17.5. The second-order valence-corrected chi connectivity index (χ2v) is 5.50. The van der Waals surface area contributed by atoms with Gasteiger partial charge in [0.25, 0.3) is 11.7 Å². The van der Waals surface area contributed by atoms with Crippen molar-refractivity contribution in [3.63, 3.8) is 0 Å². The number of carbonyl (C=O) groups excluding carboxylic acids is 1. The van der Waals surface area contributed by atoms with E-state index >= 15 is 0 Å². The van der Waals surface area contributed by atoms with Gasteiger partial charge in [0.1, 0.15) is 12.4 Å². The molecule has 2 aromatic rings. The molecule has 1 amide bonds. The van der Waals surface area contributed by atoms with E-state index < -0.39 is 5.91 Å². The first-order valence-corrected chi connectivity index (χ1v) is 7.68. The summed E-state index contributed by atoms with van der Waals surface area (Å²) in [6.45, 7) is 2.04. The molecule has 8 heteroatoms. The molecule has 0 saturated carbocycles. The van der Waals surface area contributed by atoms with Gasteiger partial charge >= 0.3 is 0 Å². The Morgan fingerprint density at radius 1 is 1.54 bits per heavy atom. The van der Waals surface area contributed by atoms with E-state index in [-0.39, 0.29) is 11.9 Å². The van der Waals surface area contributed by atoms with Crippen molar-refractivity contribution in [3.8, 4) is 11.8 Å². The van der Waals surface area contributed by atoms with Gasteiger partial charge in [0.2, 0.25) is 5.89 Å². The van der Waals surface area contributed by atoms with Gasteiger partial charge in [-0.1, -0.05) is 11.2 Å². The highest BCUT2D eigenvalue weighted by molar-refractivity contribution is 5.88. The molecule has 0 aliphatic carbocycles. The summed E-state index contributed by atoms with van der Waals surface area (Å²) < 4.78 is 10.9. The second-order valence-electron chi connectivity index (χ2n) is 5.50. The summed E-state index contributed by atoms with van der Waals surface area (Å²) in [5.41, 5.74) is 5.71. The maximum atomic E-state index is 11.1. The van der Waals surface area contributed by atoms with E-state index in [1.165, 1.54) is 0 Å². The number of likely N-dealkylation sites (tertiary alicyclic amines) is 1. The Balaban J connectivity index is 1.57. The monoisotopic (exact) mass is 327 g/mol. The highest BCUT2D eigenvalue weighted by atomic mass is 16.5. The molecule has 0 spiro atoms. The minimum absolute atomic E-state index is 0.0281. The molecular formula is C16H17N5O3. The summed E-state index contributed by atoms with van der Waals surface area (Å²) >= 11 is 0. The molecule has 24 heavy (non-hydrogen) atoms. The minimum Gasteiger partial charge on any atom is -0.492 e. The molecular weight excluding hydrogens is 310 g/mol. The van der Waals surface area contributed by atoms with Crippen molar-refractivity contribution in [2.24, 2.45) is 5.73 Å². The molecule has 8 nitrogen and oxygen atoms in total. The van der Waals surface area contributed by atoms with Gasteiger partial charge in [-0.05, 0) is 37.6 Å². The second kappa shape index (κ2) is 7.10. The Morgan fingerprint density at radius 3 is 3.17 bits per heavy atom. The largest absolute Gasteiger partial charge is 0.492 e. The van der Waals surface area contributed by atoms with Crippen LogP contribution in [-0.4, -0.2) is 40.6 Å². The van der Waals surface area contributed by atoms with Crippen molar-refractivity contribution in [2.45, 2.75) is 18.9 Å². The van der Waals surface area contributed by atoms with Gasteiger partial charge in [0.15, 0.2) is 0 Å². The van der Waals surface area contributed by atoms with Crippen LogP contribution in [0.3, 0.4) is 0 Å². The van der Waals surface area contributed by atoms with Crippen LogP contribution in [0.1, 0.15) is 41.0 Å². The molecule has 1 aliphatic heterocycles. The highest BCUT2D eigenvalue weighted by Crippen LogP contribution is 2.30. The van der Waals surface area contributed by atoms with E-state index in [0.29, 0.717) is 30.4 Å². The molecule has 2 N–H and O–H groups in total. The van der Waals surface area contributed by atoms with Crippen LogP contribution < -0.4 is 10.5 Å². The van der Waals surface area contributed by atoms with E-state index in [1.807, 2.05) is 6.07 Å². The first kappa shape index (κ1) is 16.0. The number of benzene rings is 1. The van der Waals surface area contributed by atoms with Crippen LogP contribution in [0.15, 0.2) is 28.8 Å². The number of rotatable bonds is 6. The zero-order valence-electron chi connectivity index (χ0n) is 13.0. The number of nitrogens with two attached hydrogens (primary N) is 1. The number of hydrogen-bond acceptors (Lipinski definition) is 7. The van der Waals surface area contributed by atoms with Gasteiger partial charge in [-0.15, -0.1) is 0 Å². The Labute approximate surface area is 138 Å². The lowest BCUT2D eigenvalue weighted by molar-refractivity contribution is 0.0987. The Hall–Kier alpha value is -2.92. The number of primary amides is 1. The van der Waals surface area contributed by atoms with Crippen molar-refractivity contribution < 1.29 is 14.1 Å². The Morgan fingerprint density at radius 2 is 2.42 bits per heavy atom. The molecule has 1 aromatic carbocycles. The Bertz CT molecular complexity index is 767. The molecule has 1 aromatic heterocycles. The molecule has 124 valence electrons. The lowest BCUT2D eigenvalue weighted by Crippen LogP contribution is -2.28. The van der Waals surface area contributed by atoms with Crippen LogP contribution in [-0.2, 0) is 0 Å². The fourth-order valence-electron chi connectivity index (χ4n) is 2.78. The summed E-state index contributed by atoms with van der Waals surface area (Å²) in [7, 11) is 0. The van der Waals surface area contributed by atoms with Crippen LogP contribution in [0.4, 0.5) is 0 Å².